The molecule has 2 N–H and O–H groups in total. The average molecular weight is 287 g/mol. The Kier molecular flexibility index (Phi) is 4.65. The zero-order valence-electron chi connectivity index (χ0n) is 12.2. The third kappa shape index (κ3) is 3.88. The number of methoxy groups -OCH3 is 1. The minimum absolute atomic E-state index is 0.213. The number of aromatic amines is 1. The average Bonchev–Trinajstić information content (AvgIpc) is 2.49. The van der Waals surface area contributed by atoms with Crippen molar-refractivity contribution in [2.24, 2.45) is 5.10 Å². The third-order valence-electron chi connectivity index (χ3n) is 2.85. The fourth-order valence-electron chi connectivity index (χ4n) is 1.76. The summed E-state index contributed by atoms with van der Waals surface area (Å²) in [6, 6.07) is 7.74. The van der Waals surface area contributed by atoms with E-state index in [1.165, 1.54) is 0 Å². The van der Waals surface area contributed by atoms with Gasteiger partial charge in [0.15, 0.2) is 0 Å². The maximum Gasteiger partial charge on any atom is 0.274 e. The number of hydrogen-bond donors (Lipinski definition) is 2. The summed E-state index contributed by atoms with van der Waals surface area (Å²) < 4.78 is 5.29. The van der Waals surface area contributed by atoms with Crippen molar-refractivity contribution in [1.29, 1.82) is 0 Å². The number of hydrazone groups is 1. The molecule has 0 aliphatic heterocycles. The maximum atomic E-state index is 11.4. The van der Waals surface area contributed by atoms with Gasteiger partial charge in [0.25, 0.3) is 5.56 Å². The Hall–Kier alpha value is -2.70. The lowest BCUT2D eigenvalue weighted by Gasteiger charge is -2.07. The van der Waals surface area contributed by atoms with E-state index in [2.05, 4.69) is 25.7 Å². The Morgan fingerprint density at radius 1 is 1.38 bits per heavy atom. The number of nitrogens with one attached hydrogen (secondary N) is 2. The number of para-hydroxylation sites is 1. The number of nitrogens with zero attached hydrogens (tertiary/aromatic N) is 3. The number of rotatable bonds is 5. The molecule has 7 nitrogen and oxygen atoms in total. The number of ether oxygens (including phenoxy) is 1. The van der Waals surface area contributed by atoms with Crippen LogP contribution in [0, 0.1) is 6.92 Å². The highest BCUT2D eigenvalue weighted by Crippen LogP contribution is 2.18. The molecule has 7 heteroatoms. The van der Waals surface area contributed by atoms with E-state index in [0.717, 1.165) is 17.0 Å². The second kappa shape index (κ2) is 6.65. The minimum atomic E-state index is -0.287. The predicted molar refractivity (Wildman–Crippen MR) is 80.8 cm³/mol. The van der Waals surface area contributed by atoms with Crippen LogP contribution in [0.3, 0.4) is 0 Å². The quantitative estimate of drug-likeness (QED) is 0.642. The molecule has 1 aromatic carbocycles. The largest absolute Gasteiger partial charge is 0.496 e. The van der Waals surface area contributed by atoms with E-state index in [1.807, 2.05) is 31.2 Å². The molecule has 1 heterocycles. The number of anilines is 1. The highest BCUT2D eigenvalue weighted by molar-refractivity contribution is 5.85. The molecule has 0 fully saturated rings. The molecule has 2 rings (SSSR count). The zero-order chi connectivity index (χ0) is 15.2. The van der Waals surface area contributed by atoms with E-state index in [4.69, 9.17) is 4.74 Å². The number of hydrogen-bond acceptors (Lipinski definition) is 6. The lowest BCUT2D eigenvalue weighted by atomic mass is 10.1. The molecule has 0 radical (unpaired) electrons. The number of benzene rings is 1. The van der Waals surface area contributed by atoms with Gasteiger partial charge in [-0.25, -0.2) is 5.43 Å². The van der Waals surface area contributed by atoms with Crippen molar-refractivity contribution in [3.8, 4) is 5.75 Å². The van der Waals surface area contributed by atoms with Crippen molar-refractivity contribution in [2.45, 2.75) is 20.3 Å². The monoisotopic (exact) mass is 287 g/mol. The van der Waals surface area contributed by atoms with E-state index in [9.17, 15) is 4.79 Å². The van der Waals surface area contributed by atoms with Crippen LogP contribution < -0.4 is 15.7 Å². The van der Waals surface area contributed by atoms with Crippen LogP contribution in [0.25, 0.3) is 0 Å². The first kappa shape index (κ1) is 14.7. The molecule has 0 saturated heterocycles. The van der Waals surface area contributed by atoms with Crippen LogP contribution in [0.2, 0.25) is 0 Å². The molecular formula is C14H17N5O2. The third-order valence-corrected chi connectivity index (χ3v) is 2.85. The standard InChI is InChI=1S/C14H17N5O2/c1-9(8-11-6-4-5-7-12(11)21-3)16-18-14-15-13(20)10(2)17-19-14/h4-7H,8H2,1-3H3,(H2,15,18,19,20)/b16-9-. The molecule has 0 saturated carbocycles. The van der Waals surface area contributed by atoms with E-state index in [1.54, 1.807) is 14.0 Å². The molecule has 0 amide bonds. The first-order valence-corrected chi connectivity index (χ1v) is 6.45. The van der Waals surface area contributed by atoms with Crippen LogP contribution in [0.4, 0.5) is 5.95 Å². The van der Waals surface area contributed by atoms with Crippen molar-refractivity contribution in [1.82, 2.24) is 15.2 Å². The molecule has 21 heavy (non-hydrogen) atoms. The van der Waals surface area contributed by atoms with Crippen molar-refractivity contribution in [2.75, 3.05) is 12.5 Å². The molecule has 0 aliphatic carbocycles. The number of aromatic nitrogens is 3. The van der Waals surface area contributed by atoms with E-state index < -0.39 is 0 Å². The topological polar surface area (TPSA) is 92.3 Å². The first-order chi connectivity index (χ1) is 10.1. The second-order valence-corrected chi connectivity index (χ2v) is 4.54. The molecule has 110 valence electrons. The van der Waals surface area contributed by atoms with E-state index >= 15 is 0 Å². The van der Waals surface area contributed by atoms with Crippen molar-refractivity contribution in [3.63, 3.8) is 0 Å². The van der Waals surface area contributed by atoms with Gasteiger partial charge in [0.05, 0.1) is 7.11 Å². The van der Waals surface area contributed by atoms with Gasteiger partial charge in [-0.2, -0.15) is 5.10 Å². The smallest absolute Gasteiger partial charge is 0.274 e. The normalized spacial score (nSPS) is 11.3. The van der Waals surface area contributed by atoms with Gasteiger partial charge in [0.2, 0.25) is 5.95 Å². The van der Waals surface area contributed by atoms with Gasteiger partial charge < -0.3 is 4.74 Å². The van der Waals surface area contributed by atoms with Gasteiger partial charge >= 0.3 is 0 Å². The molecule has 1 aromatic heterocycles. The number of aryl methyl sites for hydroxylation is 1. The summed E-state index contributed by atoms with van der Waals surface area (Å²) in [6.07, 6.45) is 0.626. The lowest BCUT2D eigenvalue weighted by Crippen LogP contribution is -2.16. The van der Waals surface area contributed by atoms with Crippen LogP contribution in [0.15, 0.2) is 34.2 Å². The summed E-state index contributed by atoms with van der Waals surface area (Å²) in [7, 11) is 1.64. The van der Waals surface area contributed by atoms with Gasteiger partial charge in [-0.1, -0.05) is 18.2 Å². The predicted octanol–water partition coefficient (Wildman–Crippen LogP) is 1.51. The van der Waals surface area contributed by atoms with Gasteiger partial charge in [-0.3, -0.25) is 9.78 Å². The Balaban J connectivity index is 2.07. The molecule has 0 unspecified atom stereocenters. The van der Waals surface area contributed by atoms with Crippen LogP contribution in [-0.2, 0) is 6.42 Å². The van der Waals surface area contributed by atoms with Gasteiger partial charge in [-0.15, -0.1) is 10.2 Å². The molecule has 0 atom stereocenters. The zero-order valence-corrected chi connectivity index (χ0v) is 12.2. The van der Waals surface area contributed by atoms with Crippen molar-refractivity contribution < 1.29 is 4.74 Å². The molecule has 0 bridgehead atoms. The molecule has 0 aliphatic rings. The summed E-state index contributed by atoms with van der Waals surface area (Å²) in [5, 5.41) is 11.7. The fourth-order valence-corrected chi connectivity index (χ4v) is 1.76. The van der Waals surface area contributed by atoms with E-state index in [0.29, 0.717) is 12.1 Å². The SMILES string of the molecule is COc1ccccc1C/C(C)=N\Nc1nnc(C)c(=O)[nH]1. The first-order valence-electron chi connectivity index (χ1n) is 6.45. The Morgan fingerprint density at radius 3 is 2.86 bits per heavy atom. The van der Waals surface area contributed by atoms with Crippen molar-refractivity contribution >= 4 is 11.7 Å². The van der Waals surface area contributed by atoms with Gasteiger partial charge in [-0.05, 0) is 25.5 Å². The highest BCUT2D eigenvalue weighted by Gasteiger charge is 2.04. The van der Waals surface area contributed by atoms with Gasteiger partial charge in [0, 0.05) is 12.1 Å². The summed E-state index contributed by atoms with van der Waals surface area (Å²) >= 11 is 0. The summed E-state index contributed by atoms with van der Waals surface area (Å²) in [6.45, 7) is 3.46. The van der Waals surface area contributed by atoms with Crippen LogP contribution >= 0.6 is 0 Å². The highest BCUT2D eigenvalue weighted by atomic mass is 16.5. The Bertz CT molecular complexity index is 709. The lowest BCUT2D eigenvalue weighted by molar-refractivity contribution is 0.411. The summed E-state index contributed by atoms with van der Waals surface area (Å²) in [4.78, 5) is 13.9. The fraction of sp³-hybridized carbons (Fsp3) is 0.286. The Morgan fingerprint density at radius 2 is 2.14 bits per heavy atom. The number of H-pyrrole nitrogens is 1. The summed E-state index contributed by atoms with van der Waals surface area (Å²) in [5.74, 6) is 1.03. The van der Waals surface area contributed by atoms with Crippen molar-refractivity contribution in [3.05, 3.63) is 45.9 Å². The second-order valence-electron chi connectivity index (χ2n) is 4.54. The van der Waals surface area contributed by atoms with Crippen LogP contribution in [-0.4, -0.2) is 28.0 Å². The molecular weight excluding hydrogens is 270 g/mol. The summed E-state index contributed by atoms with van der Waals surface area (Å²) in [5.41, 5.74) is 4.57. The van der Waals surface area contributed by atoms with Crippen LogP contribution in [0.5, 0.6) is 5.75 Å². The van der Waals surface area contributed by atoms with E-state index in [-0.39, 0.29) is 11.5 Å². The van der Waals surface area contributed by atoms with Gasteiger partial charge in [0.1, 0.15) is 11.4 Å². The minimum Gasteiger partial charge on any atom is -0.496 e. The maximum absolute atomic E-state index is 11.4. The molecule has 0 spiro atoms. The Labute approximate surface area is 122 Å². The van der Waals surface area contributed by atoms with Crippen LogP contribution in [0.1, 0.15) is 18.2 Å². The molecule has 2 aromatic rings.